The van der Waals surface area contributed by atoms with Crippen LogP contribution >= 0.6 is 11.3 Å². The van der Waals surface area contributed by atoms with Crippen molar-refractivity contribution < 1.29 is 4.79 Å². The van der Waals surface area contributed by atoms with E-state index in [1.165, 1.54) is 4.70 Å². The summed E-state index contributed by atoms with van der Waals surface area (Å²) in [6, 6.07) is 16.3. The average molecular weight is 339 g/mol. The van der Waals surface area contributed by atoms with Crippen molar-refractivity contribution in [2.45, 2.75) is 19.4 Å². The zero-order valence-electron chi connectivity index (χ0n) is 14.0. The van der Waals surface area contributed by atoms with Crippen LogP contribution in [-0.2, 0) is 17.8 Å². The number of fused-ring (bicyclic) bond motifs is 1. The first-order chi connectivity index (χ1) is 11.6. The number of aryl methyl sites for hydroxylation is 1. The van der Waals surface area contributed by atoms with Crippen molar-refractivity contribution in [3.05, 3.63) is 59.1 Å². The van der Waals surface area contributed by atoms with Gasteiger partial charge in [-0.15, -0.1) is 11.3 Å². The molecule has 0 aliphatic heterocycles. The maximum atomic E-state index is 12.0. The fraction of sp³-hybridized carbons (Fsp3) is 0.263. The second kappa shape index (κ2) is 7.45. The van der Waals surface area contributed by atoms with Gasteiger partial charge in [-0.25, -0.2) is 4.98 Å². The van der Waals surface area contributed by atoms with Crippen molar-refractivity contribution in [1.29, 1.82) is 0 Å². The lowest BCUT2D eigenvalue weighted by Gasteiger charge is -2.12. The molecule has 0 bridgehead atoms. The lowest BCUT2D eigenvalue weighted by molar-refractivity contribution is -0.121. The molecule has 3 aromatic rings. The molecule has 1 amide bonds. The van der Waals surface area contributed by atoms with Crippen LogP contribution in [-0.4, -0.2) is 25.0 Å². The van der Waals surface area contributed by atoms with Crippen molar-refractivity contribution in [2.24, 2.45) is 0 Å². The van der Waals surface area contributed by atoms with Crippen molar-refractivity contribution in [1.82, 2.24) is 10.3 Å². The predicted octanol–water partition coefficient (Wildman–Crippen LogP) is 3.61. The van der Waals surface area contributed by atoms with E-state index in [1.807, 2.05) is 44.4 Å². The van der Waals surface area contributed by atoms with E-state index in [4.69, 9.17) is 0 Å². The van der Waals surface area contributed by atoms with Gasteiger partial charge in [-0.1, -0.05) is 24.3 Å². The third-order valence-electron chi connectivity index (χ3n) is 3.85. The Morgan fingerprint density at radius 3 is 2.58 bits per heavy atom. The number of hydrogen-bond donors (Lipinski definition) is 1. The van der Waals surface area contributed by atoms with Crippen LogP contribution in [0, 0.1) is 0 Å². The maximum Gasteiger partial charge on any atom is 0.220 e. The number of nitrogens with zero attached hydrogens (tertiary/aromatic N) is 2. The van der Waals surface area contributed by atoms with E-state index >= 15 is 0 Å². The highest BCUT2D eigenvalue weighted by atomic mass is 32.1. The summed E-state index contributed by atoms with van der Waals surface area (Å²) in [5.41, 5.74) is 3.27. The molecule has 1 N–H and O–H groups in total. The summed E-state index contributed by atoms with van der Waals surface area (Å²) in [5, 5.41) is 3.99. The van der Waals surface area contributed by atoms with Crippen LogP contribution in [0.1, 0.15) is 17.0 Å². The molecule has 0 unspecified atom stereocenters. The molecule has 2 aromatic carbocycles. The first-order valence-corrected chi connectivity index (χ1v) is 8.81. The van der Waals surface area contributed by atoms with Gasteiger partial charge in [0.15, 0.2) is 0 Å². The summed E-state index contributed by atoms with van der Waals surface area (Å²) < 4.78 is 1.17. The van der Waals surface area contributed by atoms with Gasteiger partial charge in [0.25, 0.3) is 0 Å². The molecule has 3 rings (SSSR count). The molecule has 24 heavy (non-hydrogen) atoms. The number of carbonyl (C=O) groups excluding carboxylic acids is 1. The zero-order chi connectivity index (χ0) is 16.9. The minimum atomic E-state index is 0.0611. The van der Waals surface area contributed by atoms with Gasteiger partial charge >= 0.3 is 0 Å². The maximum absolute atomic E-state index is 12.0. The normalized spacial score (nSPS) is 10.8. The van der Waals surface area contributed by atoms with E-state index in [0.29, 0.717) is 19.4 Å². The lowest BCUT2D eigenvalue weighted by Crippen LogP contribution is -2.23. The van der Waals surface area contributed by atoms with E-state index < -0.39 is 0 Å². The highest BCUT2D eigenvalue weighted by Gasteiger charge is 2.07. The quantitative estimate of drug-likeness (QED) is 0.746. The van der Waals surface area contributed by atoms with Crippen molar-refractivity contribution >= 4 is 33.1 Å². The lowest BCUT2D eigenvalue weighted by atomic mass is 10.2. The van der Waals surface area contributed by atoms with Crippen molar-refractivity contribution in [3.63, 3.8) is 0 Å². The third kappa shape index (κ3) is 4.11. The third-order valence-corrected chi connectivity index (χ3v) is 4.94. The summed E-state index contributed by atoms with van der Waals surface area (Å²) in [6.07, 6.45) is 1.15. The summed E-state index contributed by atoms with van der Waals surface area (Å²) >= 11 is 1.66. The molecule has 1 heterocycles. The highest BCUT2D eigenvalue weighted by molar-refractivity contribution is 7.18. The van der Waals surface area contributed by atoms with Crippen LogP contribution in [0.25, 0.3) is 10.2 Å². The largest absolute Gasteiger partial charge is 0.378 e. The molecule has 0 spiro atoms. The Kier molecular flexibility index (Phi) is 5.11. The van der Waals surface area contributed by atoms with Crippen LogP contribution in [0.4, 0.5) is 5.69 Å². The van der Waals surface area contributed by atoms with Gasteiger partial charge in [0.1, 0.15) is 0 Å². The van der Waals surface area contributed by atoms with E-state index in [-0.39, 0.29) is 5.91 Å². The molecule has 0 atom stereocenters. The number of anilines is 1. The number of nitrogens with one attached hydrogen (secondary N) is 1. The molecule has 0 radical (unpaired) electrons. The zero-order valence-corrected chi connectivity index (χ0v) is 14.8. The molecule has 1 aromatic heterocycles. The second-order valence-corrected chi connectivity index (χ2v) is 7.03. The molecular formula is C19H21N3OS. The van der Waals surface area contributed by atoms with Crippen LogP contribution < -0.4 is 10.2 Å². The Morgan fingerprint density at radius 2 is 1.88 bits per heavy atom. The highest BCUT2D eigenvalue weighted by Crippen LogP contribution is 2.22. The summed E-state index contributed by atoms with van der Waals surface area (Å²) in [5.74, 6) is 0.0611. The van der Waals surface area contributed by atoms with E-state index in [0.717, 1.165) is 21.8 Å². The van der Waals surface area contributed by atoms with E-state index in [2.05, 4.69) is 33.4 Å². The van der Waals surface area contributed by atoms with Gasteiger partial charge in [0.2, 0.25) is 5.91 Å². The van der Waals surface area contributed by atoms with Crippen LogP contribution in [0.2, 0.25) is 0 Å². The minimum absolute atomic E-state index is 0.0611. The van der Waals surface area contributed by atoms with Gasteiger partial charge in [-0.05, 0) is 29.8 Å². The van der Waals surface area contributed by atoms with E-state index in [1.54, 1.807) is 11.3 Å². The topological polar surface area (TPSA) is 45.2 Å². The molecular weight excluding hydrogens is 318 g/mol. The fourth-order valence-corrected chi connectivity index (χ4v) is 3.42. The number of thiazole rings is 1. The Hall–Kier alpha value is -2.40. The van der Waals surface area contributed by atoms with Crippen molar-refractivity contribution in [3.8, 4) is 0 Å². The van der Waals surface area contributed by atoms with Gasteiger partial charge in [-0.3, -0.25) is 4.79 Å². The summed E-state index contributed by atoms with van der Waals surface area (Å²) in [4.78, 5) is 18.7. The molecule has 0 saturated heterocycles. The number of aromatic nitrogens is 1. The summed E-state index contributed by atoms with van der Waals surface area (Å²) in [7, 11) is 4.03. The van der Waals surface area contributed by atoms with Gasteiger partial charge in [0.05, 0.1) is 15.2 Å². The van der Waals surface area contributed by atoms with Gasteiger partial charge < -0.3 is 10.2 Å². The molecule has 0 aliphatic rings. The first-order valence-electron chi connectivity index (χ1n) is 7.99. The number of para-hydroxylation sites is 1. The molecule has 124 valence electrons. The first kappa shape index (κ1) is 16.5. The Balaban J connectivity index is 1.48. The number of amides is 1. The number of carbonyl (C=O) groups is 1. The Bertz CT molecular complexity index is 791. The fourth-order valence-electron chi connectivity index (χ4n) is 2.45. The second-order valence-electron chi connectivity index (χ2n) is 5.91. The van der Waals surface area contributed by atoms with Gasteiger partial charge in [0, 0.05) is 39.2 Å². The number of hydrogen-bond acceptors (Lipinski definition) is 4. The number of benzene rings is 2. The van der Waals surface area contributed by atoms with Crippen LogP contribution in [0.15, 0.2) is 48.5 Å². The number of rotatable bonds is 6. The van der Waals surface area contributed by atoms with Crippen LogP contribution in [0.5, 0.6) is 0 Å². The Labute approximate surface area is 146 Å². The standard InChI is InChI=1S/C19H21N3OS/c1-22(2)15-9-7-14(8-10-15)13-20-18(23)11-12-19-21-16-5-3-4-6-17(16)24-19/h3-10H,11-13H2,1-2H3,(H,20,23). The smallest absolute Gasteiger partial charge is 0.220 e. The van der Waals surface area contributed by atoms with Gasteiger partial charge in [-0.2, -0.15) is 0 Å². The molecule has 0 aliphatic carbocycles. The summed E-state index contributed by atoms with van der Waals surface area (Å²) in [6.45, 7) is 0.562. The monoisotopic (exact) mass is 339 g/mol. The molecule has 0 fully saturated rings. The van der Waals surface area contributed by atoms with Crippen LogP contribution in [0.3, 0.4) is 0 Å². The van der Waals surface area contributed by atoms with E-state index in [9.17, 15) is 4.79 Å². The van der Waals surface area contributed by atoms with Crippen molar-refractivity contribution in [2.75, 3.05) is 19.0 Å². The molecule has 5 heteroatoms. The average Bonchev–Trinajstić information content (AvgIpc) is 3.01. The molecule has 4 nitrogen and oxygen atoms in total. The molecule has 0 saturated carbocycles. The Morgan fingerprint density at radius 1 is 1.12 bits per heavy atom. The predicted molar refractivity (Wildman–Crippen MR) is 101 cm³/mol. The SMILES string of the molecule is CN(C)c1ccc(CNC(=O)CCc2nc3ccccc3s2)cc1. The minimum Gasteiger partial charge on any atom is -0.378 e.